The SMILES string of the molecule is CCCCCc1cc(C2=CC2c2ccc(C(=O)OC)cc2)c(C)nc1N. The fourth-order valence-corrected chi connectivity index (χ4v) is 3.33. The van der Waals surface area contributed by atoms with Crippen LogP contribution < -0.4 is 5.73 Å². The molecule has 1 aliphatic rings. The Morgan fingerprint density at radius 2 is 1.96 bits per heavy atom. The number of nitrogen functional groups attached to an aromatic ring is 1. The number of methoxy groups -OCH3 is 1. The van der Waals surface area contributed by atoms with E-state index in [0.717, 1.165) is 24.1 Å². The summed E-state index contributed by atoms with van der Waals surface area (Å²) in [5.41, 5.74) is 12.5. The molecule has 0 fully saturated rings. The van der Waals surface area contributed by atoms with Gasteiger partial charge in [0.2, 0.25) is 0 Å². The second kappa shape index (κ2) is 7.73. The van der Waals surface area contributed by atoms with E-state index < -0.39 is 0 Å². The number of carbonyl (C=O) groups is 1. The molecule has 2 aromatic rings. The number of unbranched alkanes of at least 4 members (excludes halogenated alkanes) is 2. The summed E-state index contributed by atoms with van der Waals surface area (Å²) in [5.74, 6) is 0.632. The van der Waals surface area contributed by atoms with Gasteiger partial charge in [0, 0.05) is 11.6 Å². The number of hydrogen-bond acceptors (Lipinski definition) is 4. The molecule has 1 aliphatic carbocycles. The molecule has 0 bridgehead atoms. The largest absolute Gasteiger partial charge is 0.465 e. The summed E-state index contributed by atoms with van der Waals surface area (Å²) in [4.78, 5) is 16.1. The maximum Gasteiger partial charge on any atom is 0.337 e. The molecule has 1 heterocycles. The molecule has 0 aliphatic heterocycles. The number of anilines is 1. The van der Waals surface area contributed by atoms with E-state index >= 15 is 0 Å². The summed E-state index contributed by atoms with van der Waals surface area (Å²) < 4.78 is 4.75. The standard InChI is InChI=1S/C22H26N2O2/c1-4-5-6-7-17-12-18(14(2)24-21(17)23)20-13-19(20)15-8-10-16(11-9-15)22(25)26-3/h8-13,19H,4-7H2,1-3H3,(H2,23,24). The zero-order valence-corrected chi connectivity index (χ0v) is 15.7. The van der Waals surface area contributed by atoms with E-state index in [1.807, 2.05) is 31.2 Å². The lowest BCUT2D eigenvalue weighted by atomic mass is 9.98. The van der Waals surface area contributed by atoms with Gasteiger partial charge in [-0.15, -0.1) is 0 Å². The van der Waals surface area contributed by atoms with Crippen LogP contribution in [0.25, 0.3) is 5.57 Å². The zero-order chi connectivity index (χ0) is 18.7. The summed E-state index contributed by atoms with van der Waals surface area (Å²) in [6.07, 6.45) is 6.76. The predicted molar refractivity (Wildman–Crippen MR) is 105 cm³/mol. The van der Waals surface area contributed by atoms with Crippen molar-refractivity contribution in [1.82, 2.24) is 4.98 Å². The van der Waals surface area contributed by atoms with Crippen LogP contribution in [0.2, 0.25) is 0 Å². The number of esters is 1. The Kier molecular flexibility index (Phi) is 5.40. The predicted octanol–water partition coefficient (Wildman–Crippen LogP) is 4.67. The van der Waals surface area contributed by atoms with Crippen LogP contribution >= 0.6 is 0 Å². The minimum absolute atomic E-state index is 0.286. The highest BCUT2D eigenvalue weighted by atomic mass is 16.5. The number of allylic oxidation sites excluding steroid dienone is 2. The number of benzene rings is 1. The van der Waals surface area contributed by atoms with Crippen molar-refractivity contribution < 1.29 is 9.53 Å². The molecule has 1 unspecified atom stereocenters. The molecule has 1 aromatic heterocycles. The first kappa shape index (κ1) is 18.2. The highest BCUT2D eigenvalue weighted by molar-refractivity contribution is 5.90. The lowest BCUT2D eigenvalue weighted by Gasteiger charge is -2.11. The van der Waals surface area contributed by atoms with Gasteiger partial charge in [-0.1, -0.05) is 38.0 Å². The topological polar surface area (TPSA) is 65.2 Å². The van der Waals surface area contributed by atoms with Crippen molar-refractivity contribution in [3.8, 4) is 0 Å². The maximum absolute atomic E-state index is 11.6. The lowest BCUT2D eigenvalue weighted by Crippen LogP contribution is -2.03. The molecule has 0 saturated heterocycles. The van der Waals surface area contributed by atoms with Gasteiger partial charge in [-0.05, 0) is 60.2 Å². The summed E-state index contributed by atoms with van der Waals surface area (Å²) in [5, 5.41) is 0. The van der Waals surface area contributed by atoms with Gasteiger partial charge < -0.3 is 10.5 Å². The van der Waals surface area contributed by atoms with Gasteiger partial charge in [0.1, 0.15) is 5.82 Å². The van der Waals surface area contributed by atoms with Crippen molar-refractivity contribution in [3.05, 3.63) is 64.4 Å². The van der Waals surface area contributed by atoms with Gasteiger partial charge in [0.05, 0.1) is 12.7 Å². The number of rotatable bonds is 7. The maximum atomic E-state index is 11.6. The molecule has 3 rings (SSSR count). The molecule has 136 valence electrons. The van der Waals surface area contributed by atoms with Crippen LogP contribution in [0.5, 0.6) is 0 Å². The Labute approximate surface area is 155 Å². The molecular weight excluding hydrogens is 324 g/mol. The van der Waals surface area contributed by atoms with Crippen molar-refractivity contribution in [2.75, 3.05) is 12.8 Å². The van der Waals surface area contributed by atoms with Crippen LogP contribution in [0.4, 0.5) is 5.82 Å². The molecular formula is C22H26N2O2. The first-order valence-corrected chi connectivity index (χ1v) is 9.21. The summed E-state index contributed by atoms with van der Waals surface area (Å²) >= 11 is 0. The summed E-state index contributed by atoms with van der Waals surface area (Å²) in [7, 11) is 1.39. The normalized spacial score (nSPS) is 15.5. The van der Waals surface area contributed by atoms with E-state index in [9.17, 15) is 4.79 Å². The summed E-state index contributed by atoms with van der Waals surface area (Å²) in [6, 6.07) is 9.82. The Balaban J connectivity index is 1.75. The number of nitrogens with two attached hydrogens (primary N) is 1. The van der Waals surface area contributed by atoms with Crippen LogP contribution in [0.1, 0.15) is 64.8 Å². The number of carbonyl (C=O) groups excluding carboxylic acids is 1. The molecule has 0 spiro atoms. The molecule has 1 atom stereocenters. The van der Waals surface area contributed by atoms with Crippen molar-refractivity contribution in [2.24, 2.45) is 0 Å². The molecule has 4 heteroatoms. The first-order valence-electron chi connectivity index (χ1n) is 9.21. The Morgan fingerprint density at radius 3 is 2.62 bits per heavy atom. The number of aryl methyl sites for hydroxylation is 2. The van der Waals surface area contributed by atoms with Gasteiger partial charge in [-0.2, -0.15) is 0 Å². The fourth-order valence-electron chi connectivity index (χ4n) is 3.33. The van der Waals surface area contributed by atoms with Crippen LogP contribution in [-0.2, 0) is 11.2 Å². The molecule has 0 saturated carbocycles. The second-order valence-electron chi connectivity index (χ2n) is 6.84. The van der Waals surface area contributed by atoms with E-state index in [1.165, 1.54) is 36.7 Å². The van der Waals surface area contributed by atoms with Crippen LogP contribution in [-0.4, -0.2) is 18.1 Å². The molecule has 0 amide bonds. The third-order valence-electron chi connectivity index (χ3n) is 4.95. The van der Waals surface area contributed by atoms with Gasteiger partial charge in [-0.3, -0.25) is 0 Å². The number of ether oxygens (including phenoxy) is 1. The zero-order valence-electron chi connectivity index (χ0n) is 15.7. The van der Waals surface area contributed by atoms with Gasteiger partial charge >= 0.3 is 5.97 Å². The Morgan fingerprint density at radius 1 is 1.23 bits per heavy atom. The lowest BCUT2D eigenvalue weighted by molar-refractivity contribution is 0.0600. The number of nitrogens with zero attached hydrogens (tertiary/aromatic N) is 1. The number of hydrogen-bond donors (Lipinski definition) is 1. The van der Waals surface area contributed by atoms with Crippen molar-refractivity contribution in [1.29, 1.82) is 0 Å². The van der Waals surface area contributed by atoms with Gasteiger partial charge in [-0.25, -0.2) is 9.78 Å². The molecule has 26 heavy (non-hydrogen) atoms. The van der Waals surface area contributed by atoms with E-state index in [4.69, 9.17) is 10.5 Å². The van der Waals surface area contributed by atoms with Gasteiger partial charge in [0.15, 0.2) is 0 Å². The molecule has 1 aromatic carbocycles. The van der Waals surface area contributed by atoms with Crippen LogP contribution in [0, 0.1) is 6.92 Å². The molecule has 0 radical (unpaired) electrons. The van der Waals surface area contributed by atoms with E-state index in [-0.39, 0.29) is 11.9 Å². The van der Waals surface area contributed by atoms with E-state index in [1.54, 1.807) is 0 Å². The molecule has 2 N–H and O–H groups in total. The molecule has 4 nitrogen and oxygen atoms in total. The Bertz CT molecular complexity index is 838. The average Bonchev–Trinajstić information content (AvgIpc) is 3.43. The highest BCUT2D eigenvalue weighted by Crippen LogP contribution is 2.47. The van der Waals surface area contributed by atoms with Crippen LogP contribution in [0.15, 0.2) is 36.4 Å². The number of aromatic nitrogens is 1. The average molecular weight is 350 g/mol. The highest BCUT2D eigenvalue weighted by Gasteiger charge is 2.29. The van der Waals surface area contributed by atoms with E-state index in [2.05, 4.69) is 24.1 Å². The van der Waals surface area contributed by atoms with Gasteiger partial charge in [0.25, 0.3) is 0 Å². The minimum atomic E-state index is -0.309. The smallest absolute Gasteiger partial charge is 0.337 e. The third kappa shape index (κ3) is 3.79. The Hall–Kier alpha value is -2.62. The van der Waals surface area contributed by atoms with Crippen molar-refractivity contribution in [3.63, 3.8) is 0 Å². The fraction of sp³-hybridized carbons (Fsp3) is 0.364. The monoisotopic (exact) mass is 350 g/mol. The second-order valence-corrected chi connectivity index (χ2v) is 6.84. The first-order chi connectivity index (χ1) is 12.5. The van der Waals surface area contributed by atoms with E-state index in [0.29, 0.717) is 11.4 Å². The summed E-state index contributed by atoms with van der Waals surface area (Å²) in [6.45, 7) is 4.21. The number of pyridine rings is 1. The minimum Gasteiger partial charge on any atom is -0.465 e. The third-order valence-corrected chi connectivity index (χ3v) is 4.95. The quantitative estimate of drug-likeness (QED) is 0.582. The van der Waals surface area contributed by atoms with Crippen molar-refractivity contribution >= 4 is 17.4 Å². The van der Waals surface area contributed by atoms with Crippen molar-refractivity contribution in [2.45, 2.75) is 45.4 Å². The van der Waals surface area contributed by atoms with Crippen LogP contribution in [0.3, 0.4) is 0 Å².